The van der Waals surface area contributed by atoms with Gasteiger partial charge in [0.1, 0.15) is 0 Å². The van der Waals surface area contributed by atoms with Crippen LogP contribution in [0.3, 0.4) is 0 Å². The fourth-order valence-electron chi connectivity index (χ4n) is 2.22. The molecule has 1 aromatic heterocycles. The molecule has 2 rings (SSSR count). The number of rotatable bonds is 4. The third-order valence-corrected chi connectivity index (χ3v) is 3.63. The number of hydrogen-bond donors (Lipinski definition) is 1. The number of anilines is 1. The molecule has 96 valence electrons. The summed E-state index contributed by atoms with van der Waals surface area (Å²) in [5.74, 6) is 2.20. The first-order valence-electron chi connectivity index (χ1n) is 6.52. The van der Waals surface area contributed by atoms with Crippen LogP contribution in [0, 0.1) is 5.92 Å². The fraction of sp³-hybridized carbons (Fsp3) is 0.833. The van der Waals surface area contributed by atoms with Gasteiger partial charge >= 0.3 is 0 Å². The van der Waals surface area contributed by atoms with Gasteiger partial charge in [-0.05, 0) is 37.4 Å². The minimum absolute atomic E-state index is 0.236. The lowest BCUT2D eigenvalue weighted by atomic mass is 9.90. The first kappa shape index (κ1) is 12.4. The lowest BCUT2D eigenvalue weighted by Gasteiger charge is -2.27. The van der Waals surface area contributed by atoms with Crippen LogP contribution >= 0.6 is 0 Å². The van der Waals surface area contributed by atoms with Gasteiger partial charge in [-0.25, -0.2) is 0 Å². The number of nitrogens with zero attached hydrogens (tertiary/aromatic N) is 3. The summed E-state index contributed by atoms with van der Waals surface area (Å²) in [6.07, 6.45) is 3.59. The van der Waals surface area contributed by atoms with Crippen LogP contribution in [0.25, 0.3) is 0 Å². The van der Waals surface area contributed by atoms with Crippen LogP contribution in [-0.2, 0) is 0 Å². The molecule has 1 aliphatic rings. The van der Waals surface area contributed by atoms with Crippen LogP contribution in [-0.4, -0.2) is 30.3 Å². The molecular formula is C12H22N4O. The Morgan fingerprint density at radius 1 is 1.47 bits per heavy atom. The molecule has 5 heteroatoms. The van der Waals surface area contributed by atoms with E-state index < -0.39 is 0 Å². The van der Waals surface area contributed by atoms with Crippen molar-refractivity contribution in [2.75, 3.05) is 25.0 Å². The normalized spacial score (nSPS) is 24.9. The summed E-state index contributed by atoms with van der Waals surface area (Å²) in [5, 5.41) is 7.47. The highest BCUT2D eigenvalue weighted by Gasteiger charge is 2.26. The summed E-state index contributed by atoms with van der Waals surface area (Å²) >= 11 is 0. The van der Waals surface area contributed by atoms with Crippen molar-refractivity contribution in [3.05, 3.63) is 5.89 Å². The van der Waals surface area contributed by atoms with E-state index in [0.717, 1.165) is 31.3 Å². The summed E-state index contributed by atoms with van der Waals surface area (Å²) in [5.41, 5.74) is 0. The topological polar surface area (TPSA) is 54.2 Å². The maximum absolute atomic E-state index is 5.35. The van der Waals surface area contributed by atoms with Gasteiger partial charge in [-0.15, -0.1) is 0 Å². The Bertz CT molecular complexity index is 352. The maximum Gasteiger partial charge on any atom is 0.265 e. The summed E-state index contributed by atoms with van der Waals surface area (Å²) in [6.45, 7) is 6.25. The molecule has 1 aromatic rings. The molecule has 1 aliphatic heterocycles. The summed E-state index contributed by atoms with van der Waals surface area (Å²) < 4.78 is 5.35. The Kier molecular flexibility index (Phi) is 3.99. The van der Waals surface area contributed by atoms with Gasteiger partial charge in [0.15, 0.2) is 0 Å². The third kappa shape index (κ3) is 2.77. The predicted molar refractivity (Wildman–Crippen MR) is 67.0 cm³/mol. The van der Waals surface area contributed by atoms with Gasteiger partial charge in [0, 0.05) is 13.6 Å². The molecular weight excluding hydrogens is 216 g/mol. The van der Waals surface area contributed by atoms with E-state index in [1.807, 2.05) is 11.9 Å². The molecule has 0 amide bonds. The zero-order valence-electron chi connectivity index (χ0n) is 10.9. The quantitative estimate of drug-likeness (QED) is 0.869. The highest BCUT2D eigenvalue weighted by molar-refractivity contribution is 5.25. The number of piperidine rings is 1. The molecule has 0 aromatic carbocycles. The molecule has 1 fully saturated rings. The van der Waals surface area contributed by atoms with Crippen LogP contribution in [0.4, 0.5) is 5.95 Å². The van der Waals surface area contributed by atoms with E-state index in [2.05, 4.69) is 29.3 Å². The summed E-state index contributed by atoms with van der Waals surface area (Å²) in [7, 11) is 1.97. The molecule has 1 N–H and O–H groups in total. The van der Waals surface area contributed by atoms with Crippen LogP contribution in [0.2, 0.25) is 0 Å². The minimum Gasteiger partial charge on any atom is -0.342 e. The summed E-state index contributed by atoms with van der Waals surface area (Å²) in [6, 6.07) is 0.236. The van der Waals surface area contributed by atoms with Crippen molar-refractivity contribution in [2.45, 2.75) is 39.2 Å². The number of aromatic nitrogens is 2. The highest BCUT2D eigenvalue weighted by Crippen LogP contribution is 2.28. The molecule has 0 spiro atoms. The molecule has 0 radical (unpaired) electrons. The van der Waals surface area contributed by atoms with Crippen molar-refractivity contribution < 1.29 is 4.52 Å². The van der Waals surface area contributed by atoms with Crippen LogP contribution in [0.15, 0.2) is 4.52 Å². The van der Waals surface area contributed by atoms with Crippen molar-refractivity contribution in [3.63, 3.8) is 0 Å². The summed E-state index contributed by atoms with van der Waals surface area (Å²) in [4.78, 5) is 6.44. The Labute approximate surface area is 103 Å². The molecule has 0 aliphatic carbocycles. The van der Waals surface area contributed by atoms with E-state index in [-0.39, 0.29) is 6.04 Å². The van der Waals surface area contributed by atoms with Crippen molar-refractivity contribution in [2.24, 2.45) is 5.92 Å². The molecule has 2 atom stereocenters. The van der Waals surface area contributed by atoms with Crippen LogP contribution < -0.4 is 10.2 Å². The molecule has 1 saturated heterocycles. The average Bonchev–Trinajstić information content (AvgIpc) is 2.87. The molecule has 17 heavy (non-hydrogen) atoms. The SMILES string of the molecule is CCC1CCNC(c2nc(N(C)CC)no2)C1. The largest absolute Gasteiger partial charge is 0.342 e. The maximum atomic E-state index is 5.35. The molecule has 2 heterocycles. The van der Waals surface area contributed by atoms with E-state index in [9.17, 15) is 0 Å². The Morgan fingerprint density at radius 3 is 3.00 bits per heavy atom. The molecule has 0 bridgehead atoms. The Hall–Kier alpha value is -1.10. The molecule has 0 saturated carbocycles. The zero-order valence-corrected chi connectivity index (χ0v) is 10.9. The van der Waals surface area contributed by atoms with Crippen molar-refractivity contribution in [3.8, 4) is 0 Å². The second kappa shape index (κ2) is 5.49. The van der Waals surface area contributed by atoms with E-state index >= 15 is 0 Å². The van der Waals surface area contributed by atoms with Gasteiger partial charge in [-0.2, -0.15) is 4.98 Å². The standard InChI is InChI=1S/C12H22N4O/c1-4-9-6-7-13-10(8-9)11-14-12(15-17-11)16(3)5-2/h9-10,13H,4-8H2,1-3H3. The van der Waals surface area contributed by atoms with E-state index in [1.165, 1.54) is 12.8 Å². The Balaban J connectivity index is 2.04. The van der Waals surface area contributed by atoms with E-state index in [0.29, 0.717) is 5.95 Å². The smallest absolute Gasteiger partial charge is 0.265 e. The first-order chi connectivity index (χ1) is 8.24. The van der Waals surface area contributed by atoms with Gasteiger partial charge < -0.3 is 14.7 Å². The lowest BCUT2D eigenvalue weighted by molar-refractivity contribution is 0.246. The van der Waals surface area contributed by atoms with Crippen LogP contribution in [0.1, 0.15) is 45.0 Å². The minimum atomic E-state index is 0.236. The van der Waals surface area contributed by atoms with Gasteiger partial charge in [0.2, 0.25) is 5.89 Å². The van der Waals surface area contributed by atoms with E-state index in [1.54, 1.807) is 0 Å². The van der Waals surface area contributed by atoms with Crippen molar-refractivity contribution in [1.29, 1.82) is 0 Å². The first-order valence-corrected chi connectivity index (χ1v) is 6.52. The highest BCUT2D eigenvalue weighted by atomic mass is 16.5. The van der Waals surface area contributed by atoms with Crippen LogP contribution in [0.5, 0.6) is 0 Å². The monoisotopic (exact) mass is 238 g/mol. The second-order valence-corrected chi connectivity index (χ2v) is 4.75. The van der Waals surface area contributed by atoms with E-state index in [4.69, 9.17) is 4.52 Å². The number of hydrogen-bond acceptors (Lipinski definition) is 5. The predicted octanol–water partition coefficient (Wildman–Crippen LogP) is 1.98. The third-order valence-electron chi connectivity index (χ3n) is 3.63. The lowest BCUT2D eigenvalue weighted by Crippen LogP contribution is -2.31. The number of nitrogens with one attached hydrogen (secondary N) is 1. The fourth-order valence-corrected chi connectivity index (χ4v) is 2.22. The second-order valence-electron chi connectivity index (χ2n) is 4.75. The van der Waals surface area contributed by atoms with Gasteiger partial charge in [0.25, 0.3) is 5.95 Å². The molecule has 2 unspecified atom stereocenters. The van der Waals surface area contributed by atoms with Gasteiger partial charge in [-0.3, -0.25) is 0 Å². The Morgan fingerprint density at radius 2 is 2.29 bits per heavy atom. The zero-order chi connectivity index (χ0) is 12.3. The van der Waals surface area contributed by atoms with Gasteiger partial charge in [-0.1, -0.05) is 13.3 Å². The van der Waals surface area contributed by atoms with Crippen molar-refractivity contribution in [1.82, 2.24) is 15.5 Å². The average molecular weight is 238 g/mol. The molecule has 5 nitrogen and oxygen atoms in total. The van der Waals surface area contributed by atoms with Gasteiger partial charge in [0.05, 0.1) is 6.04 Å². The van der Waals surface area contributed by atoms with Crippen molar-refractivity contribution >= 4 is 5.95 Å².